The first kappa shape index (κ1) is 12.2. The summed E-state index contributed by atoms with van der Waals surface area (Å²) in [5.41, 5.74) is 5.09. The van der Waals surface area contributed by atoms with Gasteiger partial charge in [0.25, 0.3) is 0 Å². The molecule has 2 aliphatic rings. The SMILES string of the molecule is O[C@@H]1c2ccccc2-c2cccc3c2[C@@]1(O)c1ccccc1-3. The van der Waals surface area contributed by atoms with E-state index in [1.807, 2.05) is 66.7 Å². The minimum atomic E-state index is -1.36. The van der Waals surface area contributed by atoms with Crippen LogP contribution < -0.4 is 0 Å². The van der Waals surface area contributed by atoms with Crippen LogP contribution in [0.2, 0.25) is 0 Å². The van der Waals surface area contributed by atoms with E-state index >= 15 is 0 Å². The minimum absolute atomic E-state index is 0.784. The van der Waals surface area contributed by atoms with Crippen LogP contribution in [0.1, 0.15) is 22.8 Å². The van der Waals surface area contributed by atoms with Crippen LogP contribution in [0.5, 0.6) is 0 Å². The van der Waals surface area contributed by atoms with Gasteiger partial charge in [0, 0.05) is 5.56 Å². The molecule has 0 aromatic heterocycles. The van der Waals surface area contributed by atoms with E-state index in [0.717, 1.165) is 38.9 Å². The lowest BCUT2D eigenvalue weighted by molar-refractivity contribution is -0.0499. The monoisotopic (exact) mass is 286 g/mol. The average molecular weight is 286 g/mol. The summed E-state index contributed by atoms with van der Waals surface area (Å²) in [5, 5.41) is 22.5. The smallest absolute Gasteiger partial charge is 0.146 e. The van der Waals surface area contributed by atoms with Crippen LogP contribution in [0.25, 0.3) is 22.3 Å². The Hall–Kier alpha value is -2.42. The molecule has 0 saturated carbocycles. The molecule has 5 rings (SSSR count). The van der Waals surface area contributed by atoms with E-state index in [4.69, 9.17) is 0 Å². The Morgan fingerprint density at radius 1 is 0.682 bits per heavy atom. The number of benzene rings is 3. The van der Waals surface area contributed by atoms with E-state index in [1.165, 1.54) is 0 Å². The van der Waals surface area contributed by atoms with Gasteiger partial charge in [0.15, 0.2) is 0 Å². The van der Waals surface area contributed by atoms with Crippen molar-refractivity contribution in [2.75, 3.05) is 0 Å². The Labute approximate surface area is 128 Å². The van der Waals surface area contributed by atoms with Gasteiger partial charge < -0.3 is 10.2 Å². The fourth-order valence-electron chi connectivity index (χ4n) is 4.09. The third kappa shape index (κ3) is 1.20. The second-order valence-electron chi connectivity index (χ2n) is 6.03. The van der Waals surface area contributed by atoms with Gasteiger partial charge in [-0.2, -0.15) is 0 Å². The molecule has 0 unspecified atom stereocenters. The van der Waals surface area contributed by atoms with Crippen LogP contribution in [-0.2, 0) is 5.60 Å². The molecule has 106 valence electrons. The molecule has 2 N–H and O–H groups in total. The molecule has 0 saturated heterocycles. The minimum Gasteiger partial charge on any atom is -0.385 e. The summed E-state index contributed by atoms with van der Waals surface area (Å²) in [4.78, 5) is 0. The Balaban J connectivity index is 1.99. The quantitative estimate of drug-likeness (QED) is 0.662. The summed E-state index contributed by atoms with van der Waals surface area (Å²) in [6.07, 6.45) is -0.957. The predicted octanol–water partition coefficient (Wildman–Crippen LogP) is 3.62. The van der Waals surface area contributed by atoms with Crippen LogP contribution in [-0.4, -0.2) is 10.2 Å². The van der Waals surface area contributed by atoms with Crippen LogP contribution >= 0.6 is 0 Å². The standard InChI is InChI=1S/C20H14O2/c21-19-16-8-2-1-6-12(16)14-9-5-10-15-13-7-3-4-11-17(13)20(19,22)18(14)15/h1-11,19,21-22H/t19-,20+/m1/s1. The molecule has 2 aliphatic carbocycles. The van der Waals surface area contributed by atoms with Crippen LogP contribution in [0.3, 0.4) is 0 Å². The van der Waals surface area contributed by atoms with Crippen molar-refractivity contribution in [1.82, 2.24) is 0 Å². The van der Waals surface area contributed by atoms with Crippen molar-refractivity contribution in [1.29, 1.82) is 0 Å². The van der Waals surface area contributed by atoms with Crippen molar-refractivity contribution < 1.29 is 10.2 Å². The third-order valence-electron chi connectivity index (χ3n) is 5.01. The van der Waals surface area contributed by atoms with Gasteiger partial charge in [-0.3, -0.25) is 0 Å². The van der Waals surface area contributed by atoms with Gasteiger partial charge in [0.05, 0.1) is 0 Å². The first-order valence-corrected chi connectivity index (χ1v) is 7.46. The van der Waals surface area contributed by atoms with Crippen molar-refractivity contribution in [3.8, 4) is 22.3 Å². The zero-order chi connectivity index (χ0) is 14.9. The molecule has 3 aromatic rings. The molecule has 2 nitrogen and oxygen atoms in total. The highest BCUT2D eigenvalue weighted by Gasteiger charge is 2.52. The van der Waals surface area contributed by atoms with E-state index in [2.05, 4.69) is 0 Å². The topological polar surface area (TPSA) is 40.5 Å². The highest BCUT2D eigenvalue weighted by Crippen LogP contribution is 2.59. The molecular formula is C20H14O2. The van der Waals surface area contributed by atoms with Gasteiger partial charge in [-0.25, -0.2) is 0 Å². The molecule has 0 aliphatic heterocycles. The highest BCUT2D eigenvalue weighted by atomic mass is 16.3. The van der Waals surface area contributed by atoms with Gasteiger partial charge in [-0.1, -0.05) is 66.7 Å². The lowest BCUT2D eigenvalue weighted by Crippen LogP contribution is -2.36. The van der Waals surface area contributed by atoms with Gasteiger partial charge in [0.2, 0.25) is 0 Å². The van der Waals surface area contributed by atoms with Gasteiger partial charge in [-0.05, 0) is 33.4 Å². The summed E-state index contributed by atoms with van der Waals surface area (Å²) < 4.78 is 0. The van der Waals surface area contributed by atoms with Crippen molar-refractivity contribution in [3.05, 3.63) is 83.4 Å². The number of rotatable bonds is 0. The number of aliphatic hydroxyl groups is 2. The fourth-order valence-corrected chi connectivity index (χ4v) is 4.09. The average Bonchev–Trinajstić information content (AvgIpc) is 2.85. The Morgan fingerprint density at radius 2 is 1.27 bits per heavy atom. The summed E-state index contributed by atoms with van der Waals surface area (Å²) in [6.45, 7) is 0. The molecule has 0 spiro atoms. The molecule has 22 heavy (non-hydrogen) atoms. The normalized spacial score (nSPS) is 23.6. The Morgan fingerprint density at radius 3 is 2.09 bits per heavy atom. The Kier molecular flexibility index (Phi) is 2.13. The maximum atomic E-state index is 11.5. The molecule has 3 aromatic carbocycles. The molecule has 0 amide bonds. The highest BCUT2D eigenvalue weighted by molar-refractivity contribution is 5.90. The number of hydrogen-bond acceptors (Lipinski definition) is 2. The lowest BCUT2D eigenvalue weighted by Gasteiger charge is -2.38. The molecule has 0 fully saturated rings. The van der Waals surface area contributed by atoms with E-state index in [-0.39, 0.29) is 0 Å². The molecular weight excluding hydrogens is 272 g/mol. The number of hydrogen-bond donors (Lipinski definition) is 2. The van der Waals surface area contributed by atoms with Crippen molar-refractivity contribution in [2.24, 2.45) is 0 Å². The van der Waals surface area contributed by atoms with Crippen molar-refractivity contribution in [2.45, 2.75) is 11.7 Å². The van der Waals surface area contributed by atoms with Crippen LogP contribution in [0.15, 0.2) is 66.7 Å². The van der Waals surface area contributed by atoms with Crippen molar-refractivity contribution in [3.63, 3.8) is 0 Å². The van der Waals surface area contributed by atoms with E-state index in [9.17, 15) is 10.2 Å². The summed E-state index contributed by atoms with van der Waals surface area (Å²) in [6, 6.07) is 21.7. The number of fused-ring (bicyclic) bond motifs is 5. The van der Waals surface area contributed by atoms with Crippen LogP contribution in [0.4, 0.5) is 0 Å². The summed E-state index contributed by atoms with van der Waals surface area (Å²) in [5.74, 6) is 0. The Bertz CT molecular complexity index is 922. The third-order valence-corrected chi connectivity index (χ3v) is 5.01. The van der Waals surface area contributed by atoms with Gasteiger partial charge in [0.1, 0.15) is 11.7 Å². The summed E-state index contributed by atoms with van der Waals surface area (Å²) >= 11 is 0. The van der Waals surface area contributed by atoms with Crippen LogP contribution in [0, 0.1) is 0 Å². The maximum Gasteiger partial charge on any atom is 0.146 e. The molecule has 0 radical (unpaired) electrons. The zero-order valence-electron chi connectivity index (χ0n) is 11.8. The second kappa shape index (κ2) is 3.86. The molecule has 0 heterocycles. The van der Waals surface area contributed by atoms with E-state index < -0.39 is 11.7 Å². The second-order valence-corrected chi connectivity index (χ2v) is 6.03. The molecule has 0 bridgehead atoms. The lowest BCUT2D eigenvalue weighted by atomic mass is 9.73. The van der Waals surface area contributed by atoms with E-state index in [1.54, 1.807) is 0 Å². The van der Waals surface area contributed by atoms with E-state index in [0.29, 0.717) is 0 Å². The summed E-state index contributed by atoms with van der Waals surface area (Å²) in [7, 11) is 0. The fraction of sp³-hybridized carbons (Fsp3) is 0.100. The van der Waals surface area contributed by atoms with Gasteiger partial charge in [-0.15, -0.1) is 0 Å². The van der Waals surface area contributed by atoms with Gasteiger partial charge >= 0.3 is 0 Å². The maximum absolute atomic E-state index is 11.5. The predicted molar refractivity (Wildman–Crippen MR) is 85.3 cm³/mol. The van der Waals surface area contributed by atoms with Crippen molar-refractivity contribution >= 4 is 0 Å². The zero-order valence-corrected chi connectivity index (χ0v) is 11.8. The first-order chi connectivity index (χ1) is 10.7. The molecule has 2 heteroatoms. The largest absolute Gasteiger partial charge is 0.385 e. The first-order valence-electron chi connectivity index (χ1n) is 7.46. The number of aliphatic hydroxyl groups excluding tert-OH is 1. The molecule has 2 atom stereocenters.